The molecule has 3 nitrogen and oxygen atoms in total. The average Bonchev–Trinajstić information content (AvgIpc) is 4.00. The van der Waals surface area contributed by atoms with E-state index in [0.717, 1.165) is 23.5 Å². The summed E-state index contributed by atoms with van der Waals surface area (Å²) in [5, 5.41) is 2.64. The lowest BCUT2D eigenvalue weighted by Crippen LogP contribution is -2.61. The molecule has 9 aromatic rings. The second kappa shape index (κ2) is 16.7. The largest absolute Gasteiger partial charge is 0.311 e. The third-order valence-corrected chi connectivity index (χ3v) is 19.9. The van der Waals surface area contributed by atoms with Gasteiger partial charge in [0.1, 0.15) is 0 Å². The van der Waals surface area contributed by atoms with Crippen LogP contribution in [0.1, 0.15) is 155 Å². The van der Waals surface area contributed by atoms with Gasteiger partial charge in [0.15, 0.2) is 0 Å². The summed E-state index contributed by atoms with van der Waals surface area (Å²) in [6, 6.07) is 59.2. The van der Waals surface area contributed by atoms with E-state index >= 15 is 0 Å². The maximum absolute atomic E-state index is 2.76. The number of thiophene rings is 1. The molecule has 0 N–H and O–H groups in total. The van der Waals surface area contributed by atoms with Gasteiger partial charge in [-0.3, -0.25) is 0 Å². The van der Waals surface area contributed by atoms with Gasteiger partial charge in [0.2, 0.25) is 0 Å². The van der Waals surface area contributed by atoms with Crippen LogP contribution in [0.4, 0.5) is 51.2 Å². The first kappa shape index (κ1) is 50.0. The Kier molecular flexibility index (Phi) is 10.9. The molecule has 8 aromatic carbocycles. The molecule has 13 rings (SSSR count). The van der Waals surface area contributed by atoms with E-state index in [-0.39, 0.29) is 39.2 Å². The Bertz CT molecular complexity index is 3860. The van der Waals surface area contributed by atoms with E-state index in [1.54, 1.807) is 0 Å². The number of benzene rings is 8. The van der Waals surface area contributed by atoms with Crippen molar-refractivity contribution in [2.24, 2.45) is 0 Å². The summed E-state index contributed by atoms with van der Waals surface area (Å²) in [4.78, 5) is 7.93. The van der Waals surface area contributed by atoms with Gasteiger partial charge in [-0.2, -0.15) is 0 Å². The molecule has 0 fully saturated rings. The van der Waals surface area contributed by atoms with Crippen molar-refractivity contribution < 1.29 is 0 Å². The van der Waals surface area contributed by atoms with Gasteiger partial charge < -0.3 is 14.7 Å². The topological polar surface area (TPSA) is 9.72 Å². The van der Waals surface area contributed by atoms with Crippen LogP contribution in [0.2, 0.25) is 0 Å². The van der Waals surface area contributed by atoms with Crippen molar-refractivity contribution in [3.05, 3.63) is 191 Å². The molecule has 0 amide bonds. The number of hydrogen-bond donors (Lipinski definition) is 0. The van der Waals surface area contributed by atoms with Crippen LogP contribution in [0.3, 0.4) is 0 Å². The molecule has 3 heterocycles. The van der Waals surface area contributed by atoms with Crippen molar-refractivity contribution >= 4 is 106 Å². The predicted molar refractivity (Wildman–Crippen MR) is 336 cm³/mol. The minimum Gasteiger partial charge on any atom is -0.311 e. The third kappa shape index (κ3) is 7.63. The number of fused-ring (bicyclic) bond motifs is 9. The summed E-state index contributed by atoms with van der Waals surface area (Å²) < 4.78 is 2.69. The molecule has 0 radical (unpaired) electrons. The van der Waals surface area contributed by atoms with E-state index in [4.69, 9.17) is 0 Å². The molecule has 0 bridgehead atoms. The first-order valence-corrected chi connectivity index (χ1v) is 29.3. The number of anilines is 9. The SMILES string of the molecule is Cc1cc2c(cc1N1c3cc4c(cc3B3c5ccc(N(c6ccccc6)c6ccccc6)cc5N(c5ccc(C(C)(C)C)c6sc7ccccc7c56)c5cc(C(C)(C)C)cc1c53)C(C)(C)CC4(C)C)C(C)(C)CCC2(C)C. The Hall–Kier alpha value is -6.56. The van der Waals surface area contributed by atoms with E-state index in [0.29, 0.717) is 0 Å². The van der Waals surface area contributed by atoms with Crippen LogP contribution >= 0.6 is 11.3 Å². The van der Waals surface area contributed by atoms with Gasteiger partial charge >= 0.3 is 0 Å². The zero-order chi connectivity index (χ0) is 54.1. The van der Waals surface area contributed by atoms with Gasteiger partial charge in [0.25, 0.3) is 6.71 Å². The highest BCUT2D eigenvalue weighted by atomic mass is 32.1. The smallest absolute Gasteiger partial charge is 0.252 e. The summed E-state index contributed by atoms with van der Waals surface area (Å²) in [6.07, 6.45) is 3.46. The molecule has 0 spiro atoms. The van der Waals surface area contributed by atoms with E-state index in [1.807, 2.05) is 11.3 Å². The van der Waals surface area contributed by atoms with E-state index in [2.05, 4.69) is 270 Å². The fourth-order valence-electron chi connectivity index (χ4n) is 14.7. The van der Waals surface area contributed by atoms with Crippen LogP contribution in [-0.2, 0) is 32.5 Å². The van der Waals surface area contributed by atoms with Crippen molar-refractivity contribution in [2.75, 3.05) is 14.7 Å². The quantitative estimate of drug-likeness (QED) is 0.159. The lowest BCUT2D eigenvalue weighted by molar-refractivity contribution is 0.332. The van der Waals surface area contributed by atoms with Crippen molar-refractivity contribution in [1.82, 2.24) is 0 Å². The first-order chi connectivity index (χ1) is 36.3. The minimum absolute atomic E-state index is 0.00884. The Morgan fingerprint density at radius 2 is 1.00 bits per heavy atom. The Morgan fingerprint density at radius 3 is 1.61 bits per heavy atom. The Morgan fingerprint density at radius 1 is 0.468 bits per heavy atom. The molecule has 0 saturated carbocycles. The molecule has 77 heavy (non-hydrogen) atoms. The summed E-state index contributed by atoms with van der Waals surface area (Å²) in [5.41, 5.74) is 25.1. The molecular formula is C72H76BN3S. The van der Waals surface area contributed by atoms with Gasteiger partial charge in [0, 0.05) is 65.7 Å². The van der Waals surface area contributed by atoms with Crippen LogP contribution in [0.15, 0.2) is 152 Å². The zero-order valence-electron chi connectivity index (χ0n) is 48.4. The lowest BCUT2D eigenvalue weighted by Gasteiger charge is -2.47. The van der Waals surface area contributed by atoms with Gasteiger partial charge in [-0.1, -0.05) is 176 Å². The van der Waals surface area contributed by atoms with Crippen molar-refractivity contribution in [2.45, 2.75) is 156 Å². The van der Waals surface area contributed by atoms with Crippen molar-refractivity contribution in [3.63, 3.8) is 0 Å². The van der Waals surface area contributed by atoms with E-state index < -0.39 is 0 Å². The standard InChI is InChI=1S/C72H76BN3S/c1-44-36-51-53(70(10,11)35-34-69(51,8)9)41-58(44)76-60-42-54-52(71(12,13)43-72(54,14)15)40-56(60)73-55-32-30-48(74(46-24-18-16-19-25-46)47-26-20-17-21-27-47)39-59(55)75(61-37-45(67(2,3)4)38-62(76)65(61)73)57-33-31-50(68(5,6)7)66-64(57)49-28-22-23-29-63(49)77-66/h16-33,36-42H,34-35,43H2,1-15H3. The monoisotopic (exact) mass is 1030 g/mol. The van der Waals surface area contributed by atoms with Crippen LogP contribution < -0.4 is 31.1 Å². The molecule has 4 aliphatic rings. The predicted octanol–water partition coefficient (Wildman–Crippen LogP) is 18.8. The second-order valence-corrected chi connectivity index (χ2v) is 29.1. The number of rotatable bonds is 5. The fourth-order valence-corrected chi connectivity index (χ4v) is 16.1. The number of aryl methyl sites for hydroxylation is 1. The summed E-state index contributed by atoms with van der Waals surface area (Å²) in [6.45, 7) is 36.6. The highest BCUT2D eigenvalue weighted by molar-refractivity contribution is 7.26. The summed E-state index contributed by atoms with van der Waals surface area (Å²) in [7, 11) is 0. The molecule has 1 aromatic heterocycles. The Labute approximate surface area is 464 Å². The molecule has 388 valence electrons. The second-order valence-electron chi connectivity index (χ2n) is 28.1. The highest BCUT2D eigenvalue weighted by Crippen LogP contribution is 2.56. The molecule has 0 saturated heterocycles. The normalized spacial score (nSPS) is 17.5. The third-order valence-electron chi connectivity index (χ3n) is 18.6. The molecule has 2 aliphatic heterocycles. The van der Waals surface area contributed by atoms with Gasteiger partial charge in [-0.15, -0.1) is 11.3 Å². The molecular weight excluding hydrogens is 950 g/mol. The number of hydrogen-bond acceptors (Lipinski definition) is 4. The molecule has 5 heteroatoms. The van der Waals surface area contributed by atoms with Crippen LogP contribution in [-0.4, -0.2) is 6.71 Å². The fraction of sp³-hybridized carbons (Fsp3) is 0.333. The molecule has 0 atom stereocenters. The van der Waals surface area contributed by atoms with Crippen molar-refractivity contribution in [1.29, 1.82) is 0 Å². The van der Waals surface area contributed by atoms with Crippen molar-refractivity contribution in [3.8, 4) is 0 Å². The maximum atomic E-state index is 2.76. The average molecular weight is 1030 g/mol. The lowest BCUT2D eigenvalue weighted by atomic mass is 9.33. The number of nitrogens with zero attached hydrogens (tertiary/aromatic N) is 3. The highest BCUT2D eigenvalue weighted by Gasteiger charge is 2.49. The zero-order valence-corrected chi connectivity index (χ0v) is 49.2. The van der Waals surface area contributed by atoms with Crippen LogP contribution in [0.5, 0.6) is 0 Å². The molecule has 2 aliphatic carbocycles. The maximum Gasteiger partial charge on any atom is 0.252 e. The number of para-hydroxylation sites is 2. The minimum atomic E-state index is -0.167. The Balaban J connectivity index is 1.20. The van der Waals surface area contributed by atoms with Gasteiger partial charge in [0.05, 0.1) is 5.69 Å². The van der Waals surface area contributed by atoms with Crippen LogP contribution in [0.25, 0.3) is 20.2 Å². The van der Waals surface area contributed by atoms with E-state index in [1.165, 1.54) is 122 Å². The van der Waals surface area contributed by atoms with Gasteiger partial charge in [-0.05, 0) is 187 Å². The van der Waals surface area contributed by atoms with Crippen LogP contribution in [0, 0.1) is 6.92 Å². The van der Waals surface area contributed by atoms with Gasteiger partial charge in [-0.25, -0.2) is 0 Å². The summed E-state index contributed by atoms with van der Waals surface area (Å²) in [5.74, 6) is 0. The van der Waals surface area contributed by atoms with E-state index in [9.17, 15) is 0 Å². The summed E-state index contributed by atoms with van der Waals surface area (Å²) >= 11 is 1.95. The first-order valence-electron chi connectivity index (χ1n) is 28.5. The molecule has 0 unspecified atom stereocenters.